The molecular formula is C9H9F3N2. The lowest BCUT2D eigenvalue weighted by Crippen LogP contribution is -2.07. The fourth-order valence-corrected chi connectivity index (χ4v) is 0.984. The van der Waals surface area contributed by atoms with E-state index in [2.05, 4.69) is 16.5 Å². The fraction of sp³-hybridized carbons (Fsp3) is 0.222. The van der Waals surface area contributed by atoms with Crippen LogP contribution in [0.25, 0.3) is 12.2 Å². The van der Waals surface area contributed by atoms with E-state index in [0.717, 1.165) is 0 Å². The van der Waals surface area contributed by atoms with Gasteiger partial charge in [-0.15, -0.1) is 0 Å². The number of aromatic amines is 1. The Hall–Kier alpha value is -1.52. The molecule has 0 aliphatic carbocycles. The number of imidazole rings is 1. The van der Waals surface area contributed by atoms with E-state index < -0.39 is 12.0 Å². The SMILES string of the molecule is C=Cc1nc(C(F)(F)F)[nH]c1/C=C\C. The largest absolute Gasteiger partial charge is 0.449 e. The number of aromatic nitrogens is 2. The number of alkyl halides is 3. The first-order valence-corrected chi connectivity index (χ1v) is 3.91. The first-order chi connectivity index (χ1) is 6.49. The van der Waals surface area contributed by atoms with Crippen LogP contribution in [0.2, 0.25) is 0 Å². The zero-order chi connectivity index (χ0) is 10.8. The van der Waals surface area contributed by atoms with Crippen LogP contribution in [0.1, 0.15) is 24.1 Å². The van der Waals surface area contributed by atoms with E-state index >= 15 is 0 Å². The summed E-state index contributed by atoms with van der Waals surface area (Å²) in [4.78, 5) is 5.55. The van der Waals surface area contributed by atoms with Crippen molar-refractivity contribution in [3.63, 3.8) is 0 Å². The second-order valence-electron chi connectivity index (χ2n) is 2.59. The van der Waals surface area contributed by atoms with Gasteiger partial charge in [0, 0.05) is 0 Å². The van der Waals surface area contributed by atoms with Crippen LogP contribution in [0, 0.1) is 0 Å². The van der Waals surface area contributed by atoms with E-state index in [0.29, 0.717) is 5.69 Å². The molecule has 0 aromatic carbocycles. The van der Waals surface area contributed by atoms with Crippen molar-refractivity contribution >= 4 is 12.2 Å². The van der Waals surface area contributed by atoms with Crippen molar-refractivity contribution in [2.24, 2.45) is 0 Å². The summed E-state index contributed by atoms with van der Waals surface area (Å²) in [5, 5.41) is 0. The van der Waals surface area contributed by atoms with Crippen LogP contribution in [-0.2, 0) is 6.18 Å². The number of halogens is 3. The molecule has 1 heterocycles. The van der Waals surface area contributed by atoms with Crippen LogP contribution >= 0.6 is 0 Å². The van der Waals surface area contributed by atoms with Gasteiger partial charge in [0.1, 0.15) is 0 Å². The second-order valence-corrected chi connectivity index (χ2v) is 2.59. The van der Waals surface area contributed by atoms with Gasteiger partial charge in [-0.1, -0.05) is 12.7 Å². The van der Waals surface area contributed by atoms with Crippen LogP contribution in [0.3, 0.4) is 0 Å². The van der Waals surface area contributed by atoms with Crippen molar-refractivity contribution in [1.29, 1.82) is 0 Å². The van der Waals surface area contributed by atoms with Gasteiger partial charge in [0.25, 0.3) is 0 Å². The molecule has 5 heteroatoms. The Kier molecular flexibility index (Phi) is 2.78. The topological polar surface area (TPSA) is 28.7 Å². The van der Waals surface area contributed by atoms with E-state index in [1.54, 1.807) is 13.0 Å². The third-order valence-corrected chi connectivity index (χ3v) is 1.56. The molecule has 1 N–H and O–H groups in total. The Bertz CT molecular complexity index is 361. The van der Waals surface area contributed by atoms with E-state index in [4.69, 9.17) is 0 Å². The maximum atomic E-state index is 12.2. The second kappa shape index (κ2) is 3.69. The van der Waals surface area contributed by atoms with E-state index in [-0.39, 0.29) is 5.69 Å². The van der Waals surface area contributed by atoms with E-state index in [1.165, 1.54) is 12.2 Å². The van der Waals surface area contributed by atoms with Gasteiger partial charge in [-0.05, 0) is 19.1 Å². The van der Waals surface area contributed by atoms with Gasteiger partial charge in [0.2, 0.25) is 5.82 Å². The molecule has 0 saturated carbocycles. The first kappa shape index (κ1) is 10.6. The number of nitrogens with one attached hydrogen (secondary N) is 1. The molecule has 0 unspecified atom stereocenters. The highest BCUT2D eigenvalue weighted by Crippen LogP contribution is 2.28. The third kappa shape index (κ3) is 2.04. The zero-order valence-electron chi connectivity index (χ0n) is 7.52. The van der Waals surface area contributed by atoms with Crippen molar-refractivity contribution in [3.8, 4) is 0 Å². The minimum Gasteiger partial charge on any atom is -0.334 e. The van der Waals surface area contributed by atoms with Gasteiger partial charge in [-0.25, -0.2) is 4.98 Å². The summed E-state index contributed by atoms with van der Waals surface area (Å²) in [6, 6.07) is 0. The first-order valence-electron chi connectivity index (χ1n) is 3.91. The predicted octanol–water partition coefficient (Wildman–Crippen LogP) is 3.10. The minimum absolute atomic E-state index is 0.204. The highest BCUT2D eigenvalue weighted by molar-refractivity contribution is 5.58. The van der Waals surface area contributed by atoms with Gasteiger partial charge in [-0.2, -0.15) is 13.2 Å². The van der Waals surface area contributed by atoms with Crippen LogP contribution in [0.4, 0.5) is 13.2 Å². The van der Waals surface area contributed by atoms with Crippen molar-refractivity contribution in [2.75, 3.05) is 0 Å². The lowest BCUT2D eigenvalue weighted by atomic mass is 10.3. The fourth-order valence-electron chi connectivity index (χ4n) is 0.984. The van der Waals surface area contributed by atoms with Crippen molar-refractivity contribution < 1.29 is 13.2 Å². The smallest absolute Gasteiger partial charge is 0.334 e. The average Bonchev–Trinajstić information content (AvgIpc) is 2.47. The van der Waals surface area contributed by atoms with Crippen LogP contribution in [0.5, 0.6) is 0 Å². The summed E-state index contributed by atoms with van der Waals surface area (Å²) in [5.74, 6) is -1.000. The summed E-state index contributed by atoms with van der Waals surface area (Å²) >= 11 is 0. The molecule has 76 valence electrons. The number of rotatable bonds is 2. The zero-order valence-corrected chi connectivity index (χ0v) is 7.52. The number of hydrogen-bond donors (Lipinski definition) is 1. The normalized spacial score (nSPS) is 12.3. The summed E-state index contributed by atoms with van der Waals surface area (Å²) in [5.41, 5.74) is 0.519. The minimum atomic E-state index is -4.45. The number of nitrogens with zero attached hydrogens (tertiary/aromatic N) is 1. The molecule has 0 aliphatic heterocycles. The average molecular weight is 202 g/mol. The molecule has 2 nitrogen and oxygen atoms in total. The maximum Gasteiger partial charge on any atom is 0.449 e. The van der Waals surface area contributed by atoms with Crippen molar-refractivity contribution in [2.45, 2.75) is 13.1 Å². The van der Waals surface area contributed by atoms with Gasteiger partial charge in [0.05, 0.1) is 11.4 Å². The quantitative estimate of drug-likeness (QED) is 0.784. The number of allylic oxidation sites excluding steroid dienone is 1. The molecular weight excluding hydrogens is 193 g/mol. The molecule has 0 atom stereocenters. The Morgan fingerprint density at radius 1 is 1.43 bits per heavy atom. The molecule has 0 saturated heterocycles. The predicted molar refractivity (Wildman–Crippen MR) is 48.4 cm³/mol. The monoisotopic (exact) mass is 202 g/mol. The lowest BCUT2D eigenvalue weighted by molar-refractivity contribution is -0.144. The molecule has 0 fully saturated rings. The molecule has 0 spiro atoms. The molecule has 1 aromatic heterocycles. The molecule has 0 amide bonds. The van der Waals surface area contributed by atoms with Crippen LogP contribution in [0.15, 0.2) is 12.7 Å². The third-order valence-electron chi connectivity index (χ3n) is 1.56. The van der Waals surface area contributed by atoms with Gasteiger partial charge >= 0.3 is 6.18 Å². The molecule has 1 rings (SSSR count). The van der Waals surface area contributed by atoms with Crippen molar-refractivity contribution in [1.82, 2.24) is 9.97 Å². The van der Waals surface area contributed by atoms with Crippen molar-refractivity contribution in [3.05, 3.63) is 29.9 Å². The Balaban J connectivity index is 3.19. The molecule has 0 bridgehead atoms. The molecule has 1 aromatic rings. The number of H-pyrrole nitrogens is 1. The standard InChI is InChI=1S/C9H9F3N2/c1-3-5-7-6(4-2)13-8(14-7)9(10,11)12/h3-5H,2H2,1H3,(H,13,14)/b5-3-. The lowest BCUT2D eigenvalue weighted by Gasteiger charge is -1.99. The summed E-state index contributed by atoms with van der Waals surface area (Å²) in [6.07, 6.45) is -0.0292. The summed E-state index contributed by atoms with van der Waals surface area (Å²) in [7, 11) is 0. The highest BCUT2D eigenvalue weighted by Gasteiger charge is 2.35. The van der Waals surface area contributed by atoms with Gasteiger partial charge in [0.15, 0.2) is 0 Å². The highest BCUT2D eigenvalue weighted by atomic mass is 19.4. The summed E-state index contributed by atoms with van der Waals surface area (Å²) < 4.78 is 36.6. The molecule has 0 radical (unpaired) electrons. The van der Waals surface area contributed by atoms with Crippen LogP contribution in [-0.4, -0.2) is 9.97 Å². The Morgan fingerprint density at radius 2 is 2.07 bits per heavy atom. The maximum absolute atomic E-state index is 12.2. The van der Waals surface area contributed by atoms with E-state index in [9.17, 15) is 13.2 Å². The number of hydrogen-bond acceptors (Lipinski definition) is 1. The molecule has 0 aliphatic rings. The Morgan fingerprint density at radius 3 is 2.50 bits per heavy atom. The Labute approximate surface area is 79.2 Å². The molecule has 14 heavy (non-hydrogen) atoms. The van der Waals surface area contributed by atoms with Gasteiger partial charge in [-0.3, -0.25) is 0 Å². The van der Waals surface area contributed by atoms with Crippen LogP contribution < -0.4 is 0 Å². The van der Waals surface area contributed by atoms with Gasteiger partial charge < -0.3 is 4.98 Å². The van der Waals surface area contributed by atoms with E-state index in [1.807, 2.05) is 0 Å². The summed E-state index contributed by atoms with van der Waals surface area (Å²) in [6.45, 7) is 5.09.